The minimum atomic E-state index is -0.689. The molecular weight excluding hydrogens is 226 g/mol. The second kappa shape index (κ2) is 5.53. The van der Waals surface area contributed by atoms with Crippen LogP contribution in [0.1, 0.15) is 43.7 Å². The van der Waals surface area contributed by atoms with E-state index in [1.807, 2.05) is 0 Å². The molecule has 1 heterocycles. The van der Waals surface area contributed by atoms with E-state index in [1.165, 1.54) is 11.1 Å². The maximum atomic E-state index is 11.1. The van der Waals surface area contributed by atoms with Gasteiger partial charge in [-0.05, 0) is 36.4 Å². The summed E-state index contributed by atoms with van der Waals surface area (Å²) in [5.74, 6) is -0.149. The van der Waals surface area contributed by atoms with E-state index in [2.05, 4.69) is 43.0 Å². The number of carboxylic acid groups (broad SMARTS) is 1. The Hall–Kier alpha value is -1.35. The van der Waals surface area contributed by atoms with Crippen LogP contribution in [0.25, 0.3) is 0 Å². The van der Waals surface area contributed by atoms with Crippen molar-refractivity contribution in [3.63, 3.8) is 0 Å². The van der Waals surface area contributed by atoms with Crippen molar-refractivity contribution in [1.29, 1.82) is 0 Å². The van der Waals surface area contributed by atoms with Gasteiger partial charge in [0, 0.05) is 6.54 Å². The maximum absolute atomic E-state index is 11.1. The van der Waals surface area contributed by atoms with E-state index >= 15 is 0 Å². The van der Waals surface area contributed by atoms with Gasteiger partial charge in [0.2, 0.25) is 0 Å². The van der Waals surface area contributed by atoms with Crippen molar-refractivity contribution in [2.45, 2.75) is 45.2 Å². The quantitative estimate of drug-likeness (QED) is 0.889. The number of carboxylic acids is 1. The van der Waals surface area contributed by atoms with Crippen molar-refractivity contribution in [1.82, 2.24) is 4.90 Å². The Morgan fingerprint density at radius 1 is 1.39 bits per heavy atom. The number of carbonyl (C=O) groups is 1. The molecule has 1 fully saturated rings. The highest BCUT2D eigenvalue weighted by Crippen LogP contribution is 2.21. The van der Waals surface area contributed by atoms with Gasteiger partial charge in [-0.25, -0.2) is 0 Å². The summed E-state index contributed by atoms with van der Waals surface area (Å²) in [5.41, 5.74) is 2.53. The molecule has 1 aliphatic heterocycles. The third kappa shape index (κ3) is 2.91. The first-order chi connectivity index (χ1) is 8.58. The summed E-state index contributed by atoms with van der Waals surface area (Å²) in [7, 11) is 0. The third-order valence-corrected chi connectivity index (χ3v) is 3.68. The molecule has 3 heteroatoms. The van der Waals surface area contributed by atoms with E-state index in [-0.39, 0.29) is 6.04 Å². The molecule has 1 N–H and O–H groups in total. The van der Waals surface area contributed by atoms with Crippen LogP contribution < -0.4 is 0 Å². The van der Waals surface area contributed by atoms with Crippen LogP contribution in [0.5, 0.6) is 0 Å². The normalized spacial score (nSPS) is 20.5. The van der Waals surface area contributed by atoms with Gasteiger partial charge >= 0.3 is 5.97 Å². The van der Waals surface area contributed by atoms with E-state index in [9.17, 15) is 4.79 Å². The van der Waals surface area contributed by atoms with Crippen molar-refractivity contribution in [2.24, 2.45) is 0 Å². The average molecular weight is 247 g/mol. The third-order valence-electron chi connectivity index (χ3n) is 3.68. The molecule has 1 atom stereocenters. The van der Waals surface area contributed by atoms with Crippen molar-refractivity contribution in [3.8, 4) is 0 Å². The molecule has 0 spiro atoms. The smallest absolute Gasteiger partial charge is 0.320 e. The molecular formula is C15H21NO2. The first kappa shape index (κ1) is 13.1. The zero-order chi connectivity index (χ0) is 13.1. The van der Waals surface area contributed by atoms with Crippen LogP contribution in [0.2, 0.25) is 0 Å². The van der Waals surface area contributed by atoms with E-state index in [0.717, 1.165) is 25.9 Å². The molecule has 1 aliphatic rings. The first-order valence-corrected chi connectivity index (χ1v) is 6.63. The lowest BCUT2D eigenvalue weighted by Crippen LogP contribution is -2.35. The van der Waals surface area contributed by atoms with E-state index in [0.29, 0.717) is 5.92 Å². The van der Waals surface area contributed by atoms with Crippen LogP contribution in [0.15, 0.2) is 24.3 Å². The predicted octanol–water partition coefficient (Wildman–Crippen LogP) is 2.86. The van der Waals surface area contributed by atoms with Crippen LogP contribution in [0.4, 0.5) is 0 Å². The highest BCUT2D eigenvalue weighted by molar-refractivity contribution is 5.73. The number of benzene rings is 1. The van der Waals surface area contributed by atoms with Crippen molar-refractivity contribution >= 4 is 5.97 Å². The maximum Gasteiger partial charge on any atom is 0.320 e. The molecule has 0 amide bonds. The SMILES string of the molecule is CC(C)c1ccc(CN2CCC[C@@H]2C(=O)O)cc1. The Labute approximate surface area is 108 Å². The summed E-state index contributed by atoms with van der Waals surface area (Å²) < 4.78 is 0. The zero-order valence-corrected chi connectivity index (χ0v) is 11.1. The van der Waals surface area contributed by atoms with Crippen molar-refractivity contribution in [2.75, 3.05) is 6.54 Å². The Morgan fingerprint density at radius 2 is 2.06 bits per heavy atom. The highest BCUT2D eigenvalue weighted by atomic mass is 16.4. The number of likely N-dealkylation sites (tertiary alicyclic amines) is 1. The standard InChI is InChI=1S/C15H21NO2/c1-11(2)13-7-5-12(6-8-13)10-16-9-3-4-14(16)15(17)18/h5-8,11,14H,3-4,9-10H2,1-2H3,(H,17,18)/t14-/m1/s1. The van der Waals surface area contributed by atoms with Crippen LogP contribution in [-0.2, 0) is 11.3 Å². The number of aliphatic carboxylic acids is 1. The fraction of sp³-hybridized carbons (Fsp3) is 0.533. The predicted molar refractivity (Wildman–Crippen MR) is 71.6 cm³/mol. The van der Waals surface area contributed by atoms with Gasteiger partial charge in [-0.2, -0.15) is 0 Å². The van der Waals surface area contributed by atoms with E-state index in [4.69, 9.17) is 5.11 Å². The van der Waals surface area contributed by atoms with E-state index < -0.39 is 5.97 Å². The second-order valence-electron chi connectivity index (χ2n) is 5.36. The van der Waals surface area contributed by atoms with Gasteiger partial charge in [0.05, 0.1) is 0 Å². The number of hydrogen-bond acceptors (Lipinski definition) is 2. The molecule has 2 rings (SSSR count). The lowest BCUT2D eigenvalue weighted by molar-refractivity contribution is -0.142. The molecule has 3 nitrogen and oxygen atoms in total. The molecule has 0 aliphatic carbocycles. The molecule has 98 valence electrons. The summed E-state index contributed by atoms with van der Waals surface area (Å²) in [6.45, 7) is 5.99. The lowest BCUT2D eigenvalue weighted by atomic mass is 10.0. The molecule has 0 saturated carbocycles. The minimum Gasteiger partial charge on any atom is -0.480 e. The summed E-state index contributed by atoms with van der Waals surface area (Å²) in [5, 5.41) is 9.14. The summed E-state index contributed by atoms with van der Waals surface area (Å²) >= 11 is 0. The van der Waals surface area contributed by atoms with Gasteiger partial charge in [-0.15, -0.1) is 0 Å². The van der Waals surface area contributed by atoms with Gasteiger partial charge < -0.3 is 5.11 Å². The number of hydrogen-bond donors (Lipinski definition) is 1. The summed E-state index contributed by atoms with van der Waals surface area (Å²) in [6, 6.07) is 8.23. The first-order valence-electron chi connectivity index (χ1n) is 6.63. The van der Waals surface area contributed by atoms with Gasteiger partial charge in [0.15, 0.2) is 0 Å². The summed E-state index contributed by atoms with van der Waals surface area (Å²) in [4.78, 5) is 13.2. The van der Waals surface area contributed by atoms with Gasteiger partial charge in [-0.1, -0.05) is 38.1 Å². The topological polar surface area (TPSA) is 40.5 Å². The molecule has 18 heavy (non-hydrogen) atoms. The number of nitrogens with zero attached hydrogens (tertiary/aromatic N) is 1. The fourth-order valence-electron chi connectivity index (χ4n) is 2.54. The molecule has 1 aromatic carbocycles. The molecule has 0 bridgehead atoms. The molecule has 0 radical (unpaired) electrons. The Balaban J connectivity index is 2.03. The van der Waals surface area contributed by atoms with Crippen LogP contribution >= 0.6 is 0 Å². The fourth-order valence-corrected chi connectivity index (χ4v) is 2.54. The van der Waals surface area contributed by atoms with Gasteiger partial charge in [0.25, 0.3) is 0 Å². The van der Waals surface area contributed by atoms with E-state index in [1.54, 1.807) is 0 Å². The van der Waals surface area contributed by atoms with Crippen LogP contribution in [-0.4, -0.2) is 28.6 Å². The molecule has 0 aromatic heterocycles. The minimum absolute atomic E-state index is 0.297. The van der Waals surface area contributed by atoms with Crippen molar-refractivity contribution < 1.29 is 9.90 Å². The van der Waals surface area contributed by atoms with Crippen LogP contribution in [0.3, 0.4) is 0 Å². The number of rotatable bonds is 4. The monoisotopic (exact) mass is 247 g/mol. The Bertz CT molecular complexity index is 411. The molecule has 1 saturated heterocycles. The van der Waals surface area contributed by atoms with Crippen molar-refractivity contribution in [3.05, 3.63) is 35.4 Å². The molecule has 1 aromatic rings. The average Bonchev–Trinajstić information content (AvgIpc) is 2.78. The summed E-state index contributed by atoms with van der Waals surface area (Å²) in [6.07, 6.45) is 1.76. The van der Waals surface area contributed by atoms with Crippen LogP contribution in [0, 0.1) is 0 Å². The van der Waals surface area contributed by atoms with Gasteiger partial charge in [-0.3, -0.25) is 9.69 Å². The highest BCUT2D eigenvalue weighted by Gasteiger charge is 2.30. The zero-order valence-electron chi connectivity index (χ0n) is 11.1. The Morgan fingerprint density at radius 3 is 2.61 bits per heavy atom. The lowest BCUT2D eigenvalue weighted by Gasteiger charge is -2.21. The van der Waals surface area contributed by atoms with Gasteiger partial charge in [0.1, 0.15) is 6.04 Å². The largest absolute Gasteiger partial charge is 0.480 e. The Kier molecular flexibility index (Phi) is 4.02. The second-order valence-corrected chi connectivity index (χ2v) is 5.36. The molecule has 0 unspecified atom stereocenters.